The highest BCUT2D eigenvalue weighted by Gasteiger charge is 2.31. The Morgan fingerprint density at radius 1 is 1.23 bits per heavy atom. The minimum atomic E-state index is -3.70. The van der Waals surface area contributed by atoms with Crippen molar-refractivity contribution in [3.05, 3.63) is 30.1 Å². The first-order chi connectivity index (χ1) is 14.9. The SMILES string of the molecule is CN(CCCC(=O)NCC(C1CCOC1)N1CCOCC1)S(=O)(=O)c1ccc(F)cc1. The fraction of sp³-hybridized carbons (Fsp3) is 0.667. The number of rotatable bonds is 10. The quantitative estimate of drug-likeness (QED) is 0.566. The van der Waals surface area contributed by atoms with Crippen LogP contribution in [0.5, 0.6) is 0 Å². The Hall–Kier alpha value is -1.59. The summed E-state index contributed by atoms with van der Waals surface area (Å²) in [6.45, 7) is 5.33. The van der Waals surface area contributed by atoms with Gasteiger partial charge in [0.1, 0.15) is 5.82 Å². The zero-order valence-electron chi connectivity index (χ0n) is 18.0. The Kier molecular flexibility index (Phi) is 8.79. The molecule has 0 aromatic heterocycles. The third kappa shape index (κ3) is 6.69. The maximum absolute atomic E-state index is 13.0. The number of nitrogens with zero attached hydrogens (tertiary/aromatic N) is 2. The zero-order valence-corrected chi connectivity index (χ0v) is 18.8. The molecule has 10 heteroatoms. The van der Waals surface area contributed by atoms with Gasteiger partial charge in [-0.3, -0.25) is 9.69 Å². The largest absolute Gasteiger partial charge is 0.381 e. The van der Waals surface area contributed by atoms with E-state index in [1.807, 2.05) is 0 Å². The van der Waals surface area contributed by atoms with Crippen molar-refractivity contribution in [2.24, 2.45) is 5.92 Å². The molecule has 2 unspecified atom stereocenters. The van der Waals surface area contributed by atoms with E-state index in [9.17, 15) is 17.6 Å². The lowest BCUT2D eigenvalue weighted by Gasteiger charge is -2.37. The molecular weight excluding hydrogens is 425 g/mol. The highest BCUT2D eigenvalue weighted by Crippen LogP contribution is 2.22. The van der Waals surface area contributed by atoms with E-state index >= 15 is 0 Å². The molecule has 2 heterocycles. The number of carbonyl (C=O) groups is 1. The molecule has 0 bridgehead atoms. The Labute approximate surface area is 183 Å². The van der Waals surface area contributed by atoms with Gasteiger partial charge in [0.05, 0.1) is 24.7 Å². The number of carbonyl (C=O) groups excluding carboxylic acids is 1. The van der Waals surface area contributed by atoms with Crippen LogP contribution in [0.15, 0.2) is 29.2 Å². The van der Waals surface area contributed by atoms with E-state index in [2.05, 4.69) is 10.2 Å². The van der Waals surface area contributed by atoms with Crippen molar-refractivity contribution < 1.29 is 27.1 Å². The van der Waals surface area contributed by atoms with Crippen LogP contribution in [-0.2, 0) is 24.3 Å². The number of sulfonamides is 1. The lowest BCUT2D eigenvalue weighted by Crippen LogP contribution is -2.52. The van der Waals surface area contributed by atoms with Crippen molar-refractivity contribution >= 4 is 15.9 Å². The van der Waals surface area contributed by atoms with Crippen LogP contribution in [0.3, 0.4) is 0 Å². The molecule has 0 aliphatic carbocycles. The summed E-state index contributed by atoms with van der Waals surface area (Å²) in [7, 11) is -2.24. The zero-order chi connectivity index (χ0) is 22.3. The van der Waals surface area contributed by atoms with E-state index in [1.165, 1.54) is 23.5 Å². The van der Waals surface area contributed by atoms with Gasteiger partial charge in [0.15, 0.2) is 0 Å². The summed E-state index contributed by atoms with van der Waals surface area (Å²) in [5, 5.41) is 3.02. The molecule has 2 atom stereocenters. The number of amides is 1. The van der Waals surface area contributed by atoms with Crippen LogP contribution in [0, 0.1) is 11.7 Å². The van der Waals surface area contributed by atoms with Gasteiger partial charge in [-0.1, -0.05) is 0 Å². The second-order valence-corrected chi connectivity index (χ2v) is 10.1. The summed E-state index contributed by atoms with van der Waals surface area (Å²) >= 11 is 0. The van der Waals surface area contributed by atoms with Gasteiger partial charge in [0.25, 0.3) is 0 Å². The summed E-state index contributed by atoms with van der Waals surface area (Å²) in [5.74, 6) is -0.187. The predicted octanol–water partition coefficient (Wildman–Crippen LogP) is 1.08. The second-order valence-electron chi connectivity index (χ2n) is 8.03. The first-order valence-electron chi connectivity index (χ1n) is 10.8. The summed E-state index contributed by atoms with van der Waals surface area (Å²) < 4.78 is 50.3. The normalized spacial score (nSPS) is 21.3. The summed E-state index contributed by atoms with van der Waals surface area (Å²) in [4.78, 5) is 14.8. The number of ether oxygens (including phenoxy) is 2. The molecule has 1 N–H and O–H groups in total. The number of hydrogen-bond acceptors (Lipinski definition) is 6. The van der Waals surface area contributed by atoms with E-state index in [-0.39, 0.29) is 29.8 Å². The molecule has 2 fully saturated rings. The minimum Gasteiger partial charge on any atom is -0.381 e. The maximum Gasteiger partial charge on any atom is 0.242 e. The molecule has 0 spiro atoms. The lowest BCUT2D eigenvalue weighted by atomic mass is 9.97. The van der Waals surface area contributed by atoms with Crippen molar-refractivity contribution in [1.29, 1.82) is 0 Å². The molecule has 1 aromatic rings. The van der Waals surface area contributed by atoms with Crippen molar-refractivity contribution in [3.63, 3.8) is 0 Å². The van der Waals surface area contributed by atoms with Gasteiger partial charge in [0, 0.05) is 58.2 Å². The molecule has 3 rings (SSSR count). The first kappa shape index (κ1) is 24.1. The van der Waals surface area contributed by atoms with Gasteiger partial charge >= 0.3 is 0 Å². The summed E-state index contributed by atoms with van der Waals surface area (Å²) in [6, 6.07) is 4.94. The van der Waals surface area contributed by atoms with Crippen LogP contribution >= 0.6 is 0 Å². The Balaban J connectivity index is 1.44. The molecule has 1 aromatic carbocycles. The van der Waals surface area contributed by atoms with Crippen molar-refractivity contribution in [2.45, 2.75) is 30.2 Å². The van der Waals surface area contributed by atoms with Crippen LogP contribution in [0.1, 0.15) is 19.3 Å². The summed E-state index contributed by atoms with van der Waals surface area (Å²) in [6.07, 6.45) is 1.63. The minimum absolute atomic E-state index is 0.0352. The number of benzene rings is 1. The smallest absolute Gasteiger partial charge is 0.242 e. The Morgan fingerprint density at radius 3 is 2.58 bits per heavy atom. The average Bonchev–Trinajstić information content (AvgIpc) is 3.29. The number of morpholine rings is 1. The van der Waals surface area contributed by atoms with Crippen molar-refractivity contribution in [2.75, 3.05) is 59.7 Å². The van der Waals surface area contributed by atoms with Crippen LogP contribution in [0.25, 0.3) is 0 Å². The topological polar surface area (TPSA) is 88.2 Å². The standard InChI is InChI=1S/C21H32FN3O5S/c1-24(31(27,28)19-6-4-18(22)5-7-19)9-2-3-21(26)23-15-20(17-8-12-30-16-17)25-10-13-29-14-11-25/h4-7,17,20H,2-3,8-16H2,1H3,(H,23,26). The van der Waals surface area contributed by atoms with Crippen LogP contribution < -0.4 is 5.32 Å². The van der Waals surface area contributed by atoms with Crippen LogP contribution in [-0.4, -0.2) is 89.2 Å². The second kappa shape index (κ2) is 11.3. The third-order valence-corrected chi connectivity index (χ3v) is 7.80. The number of hydrogen-bond donors (Lipinski definition) is 1. The monoisotopic (exact) mass is 457 g/mol. The third-order valence-electron chi connectivity index (χ3n) is 5.93. The molecule has 31 heavy (non-hydrogen) atoms. The summed E-state index contributed by atoms with van der Waals surface area (Å²) in [5.41, 5.74) is 0. The molecule has 0 radical (unpaired) electrons. The molecule has 1 amide bonds. The number of nitrogens with one attached hydrogen (secondary N) is 1. The first-order valence-corrected chi connectivity index (χ1v) is 12.2. The Morgan fingerprint density at radius 2 is 1.94 bits per heavy atom. The van der Waals surface area contributed by atoms with Gasteiger partial charge in [-0.05, 0) is 37.1 Å². The molecule has 8 nitrogen and oxygen atoms in total. The van der Waals surface area contributed by atoms with Crippen LogP contribution in [0.4, 0.5) is 4.39 Å². The average molecular weight is 458 g/mol. The predicted molar refractivity (Wildman–Crippen MR) is 114 cm³/mol. The van der Waals surface area contributed by atoms with E-state index in [4.69, 9.17) is 9.47 Å². The molecule has 2 saturated heterocycles. The van der Waals surface area contributed by atoms with Gasteiger partial charge in [-0.2, -0.15) is 0 Å². The van der Waals surface area contributed by atoms with E-state index in [0.29, 0.717) is 38.7 Å². The maximum atomic E-state index is 13.0. The Bertz CT molecular complexity index is 809. The van der Waals surface area contributed by atoms with E-state index < -0.39 is 15.8 Å². The fourth-order valence-corrected chi connectivity index (χ4v) is 5.24. The van der Waals surface area contributed by atoms with Gasteiger partial charge < -0.3 is 14.8 Å². The highest BCUT2D eigenvalue weighted by atomic mass is 32.2. The van der Waals surface area contributed by atoms with E-state index in [0.717, 1.165) is 38.2 Å². The molecule has 2 aliphatic heterocycles. The fourth-order valence-electron chi connectivity index (χ4n) is 4.03. The van der Waals surface area contributed by atoms with Crippen molar-refractivity contribution in [1.82, 2.24) is 14.5 Å². The van der Waals surface area contributed by atoms with Crippen molar-refractivity contribution in [3.8, 4) is 0 Å². The highest BCUT2D eigenvalue weighted by molar-refractivity contribution is 7.89. The van der Waals surface area contributed by atoms with Gasteiger partial charge in [0.2, 0.25) is 15.9 Å². The van der Waals surface area contributed by atoms with Gasteiger partial charge in [-0.25, -0.2) is 17.1 Å². The molecular formula is C21H32FN3O5S. The molecule has 174 valence electrons. The molecule has 0 saturated carbocycles. The van der Waals surface area contributed by atoms with Crippen LogP contribution in [0.2, 0.25) is 0 Å². The number of halogens is 1. The van der Waals surface area contributed by atoms with E-state index in [1.54, 1.807) is 0 Å². The molecule has 2 aliphatic rings. The van der Waals surface area contributed by atoms with Gasteiger partial charge in [-0.15, -0.1) is 0 Å². The lowest BCUT2D eigenvalue weighted by molar-refractivity contribution is -0.121.